The van der Waals surface area contributed by atoms with Crippen LogP contribution in [-0.4, -0.2) is 12.0 Å². The predicted molar refractivity (Wildman–Crippen MR) is 46.7 cm³/mol. The number of hydrogen-bond acceptors (Lipinski definition) is 1. The molecule has 12 heavy (non-hydrogen) atoms. The zero-order valence-corrected chi connectivity index (χ0v) is 7.85. The number of Topliss-reactive ketones (excluding diaryl/α,β-unsaturated/α-hetero) is 1. The molecule has 0 radical (unpaired) electrons. The molecule has 2 unspecified atom stereocenters. The summed E-state index contributed by atoms with van der Waals surface area (Å²) in [5, 5.41) is 0. The van der Waals surface area contributed by atoms with Crippen molar-refractivity contribution in [3.8, 4) is 0 Å². The van der Waals surface area contributed by atoms with Crippen molar-refractivity contribution in [2.75, 3.05) is 0 Å². The third kappa shape index (κ3) is 2.05. The molecule has 1 aliphatic rings. The van der Waals surface area contributed by atoms with Gasteiger partial charge in [-0.1, -0.05) is 19.8 Å². The fraction of sp³-hybridized carbons (Fsp3) is 0.900. The molecule has 2 heteroatoms. The van der Waals surface area contributed by atoms with E-state index in [1.165, 1.54) is 6.92 Å². The van der Waals surface area contributed by atoms with Gasteiger partial charge >= 0.3 is 0 Å². The molecular formula is C10H17FO. The van der Waals surface area contributed by atoms with E-state index in [4.69, 9.17) is 0 Å². The van der Waals surface area contributed by atoms with E-state index in [0.29, 0.717) is 0 Å². The number of halogens is 1. The van der Waals surface area contributed by atoms with E-state index >= 15 is 0 Å². The number of alkyl halides is 1. The zero-order chi connectivity index (χ0) is 9.14. The second-order valence-electron chi connectivity index (χ2n) is 3.92. The lowest BCUT2D eigenvalue weighted by Crippen LogP contribution is -2.26. The van der Waals surface area contributed by atoms with Crippen LogP contribution < -0.4 is 0 Å². The number of carbonyl (C=O) groups excluding carboxylic acids is 1. The van der Waals surface area contributed by atoms with Crippen LogP contribution in [0.5, 0.6) is 0 Å². The molecule has 0 saturated heterocycles. The summed E-state index contributed by atoms with van der Waals surface area (Å²) in [7, 11) is 0. The molecule has 70 valence electrons. The summed E-state index contributed by atoms with van der Waals surface area (Å²) in [6.45, 7) is 3.42. The van der Waals surface area contributed by atoms with Gasteiger partial charge in [-0.2, -0.15) is 0 Å². The molecule has 0 aliphatic heterocycles. The van der Waals surface area contributed by atoms with Crippen molar-refractivity contribution >= 4 is 5.78 Å². The largest absolute Gasteiger partial charge is 0.300 e. The van der Waals surface area contributed by atoms with Crippen LogP contribution in [0.15, 0.2) is 0 Å². The third-order valence-electron chi connectivity index (χ3n) is 2.87. The molecule has 1 rings (SSSR count). The van der Waals surface area contributed by atoms with Crippen molar-refractivity contribution in [1.29, 1.82) is 0 Å². The van der Waals surface area contributed by atoms with Crippen LogP contribution in [-0.2, 0) is 4.79 Å². The van der Waals surface area contributed by atoms with Gasteiger partial charge in [0.05, 0.1) is 0 Å². The minimum Gasteiger partial charge on any atom is -0.300 e. The quantitative estimate of drug-likeness (QED) is 0.556. The van der Waals surface area contributed by atoms with Crippen LogP contribution >= 0.6 is 0 Å². The van der Waals surface area contributed by atoms with E-state index in [1.54, 1.807) is 0 Å². The number of carbonyl (C=O) groups is 1. The zero-order valence-electron chi connectivity index (χ0n) is 7.85. The summed E-state index contributed by atoms with van der Waals surface area (Å²) in [6, 6.07) is 0. The topological polar surface area (TPSA) is 17.1 Å². The summed E-state index contributed by atoms with van der Waals surface area (Å²) in [5.41, 5.74) is 0. The highest BCUT2D eigenvalue weighted by Crippen LogP contribution is 2.30. The standard InChI is InChI=1S/C10H17FO/c1-7-5-3-4-6-9(8(2)12)10(7)11/h7,9-10H,3-6H2,1-2H3/t7?,9?,10-/m0/s1. The van der Waals surface area contributed by atoms with Gasteiger partial charge in [-0.3, -0.25) is 4.79 Å². The first-order valence-electron chi connectivity index (χ1n) is 4.77. The maximum atomic E-state index is 13.5. The number of hydrogen-bond donors (Lipinski definition) is 0. The van der Waals surface area contributed by atoms with Gasteiger partial charge in [0.25, 0.3) is 0 Å². The van der Waals surface area contributed by atoms with Crippen LogP contribution in [0.4, 0.5) is 4.39 Å². The van der Waals surface area contributed by atoms with Gasteiger partial charge in [0.1, 0.15) is 12.0 Å². The smallest absolute Gasteiger partial charge is 0.135 e. The number of rotatable bonds is 1. The minimum atomic E-state index is -0.898. The Labute approximate surface area is 73.3 Å². The SMILES string of the molecule is CC(=O)C1CCCCC(C)[C@@H]1F. The second kappa shape index (κ2) is 4.01. The first-order valence-corrected chi connectivity index (χ1v) is 4.77. The molecule has 0 bridgehead atoms. The van der Waals surface area contributed by atoms with Gasteiger partial charge in [-0.25, -0.2) is 4.39 Å². The molecule has 3 atom stereocenters. The summed E-state index contributed by atoms with van der Waals surface area (Å²) < 4.78 is 13.5. The molecule has 1 nitrogen and oxygen atoms in total. The minimum absolute atomic E-state index is 0.0243. The van der Waals surface area contributed by atoms with Crippen LogP contribution in [0.25, 0.3) is 0 Å². The molecule has 0 heterocycles. The first kappa shape index (κ1) is 9.69. The highest BCUT2D eigenvalue weighted by atomic mass is 19.1. The Morgan fingerprint density at radius 1 is 1.33 bits per heavy atom. The average molecular weight is 172 g/mol. The molecule has 0 amide bonds. The Balaban J connectivity index is 2.64. The Kier molecular flexibility index (Phi) is 3.24. The molecule has 1 aliphatic carbocycles. The summed E-state index contributed by atoms with van der Waals surface area (Å²) in [4.78, 5) is 11.1. The van der Waals surface area contributed by atoms with E-state index in [1.807, 2.05) is 6.92 Å². The Bertz CT molecular complexity index is 167. The lowest BCUT2D eigenvalue weighted by Gasteiger charge is -2.19. The van der Waals surface area contributed by atoms with Gasteiger partial charge in [0.15, 0.2) is 0 Å². The molecule has 0 aromatic rings. The van der Waals surface area contributed by atoms with E-state index in [9.17, 15) is 9.18 Å². The van der Waals surface area contributed by atoms with Crippen LogP contribution in [0.3, 0.4) is 0 Å². The van der Waals surface area contributed by atoms with Crippen molar-refractivity contribution in [2.45, 2.75) is 45.7 Å². The van der Waals surface area contributed by atoms with Crippen molar-refractivity contribution < 1.29 is 9.18 Å². The highest BCUT2D eigenvalue weighted by molar-refractivity contribution is 5.78. The lowest BCUT2D eigenvalue weighted by molar-refractivity contribution is -0.123. The fourth-order valence-electron chi connectivity index (χ4n) is 1.97. The van der Waals surface area contributed by atoms with E-state index < -0.39 is 6.17 Å². The summed E-state index contributed by atoms with van der Waals surface area (Å²) in [6.07, 6.45) is 2.87. The van der Waals surface area contributed by atoms with Crippen LogP contribution in [0, 0.1) is 11.8 Å². The molecule has 0 aromatic carbocycles. The van der Waals surface area contributed by atoms with Gasteiger partial charge in [0, 0.05) is 5.92 Å². The third-order valence-corrected chi connectivity index (χ3v) is 2.87. The van der Waals surface area contributed by atoms with Crippen molar-refractivity contribution in [1.82, 2.24) is 0 Å². The summed E-state index contributed by atoms with van der Waals surface area (Å²) in [5.74, 6) is -0.222. The van der Waals surface area contributed by atoms with Gasteiger partial charge in [0.2, 0.25) is 0 Å². The Morgan fingerprint density at radius 3 is 2.50 bits per heavy atom. The fourth-order valence-corrected chi connectivity index (χ4v) is 1.97. The number of ketones is 1. The van der Waals surface area contributed by atoms with Crippen LogP contribution in [0.1, 0.15) is 39.5 Å². The highest BCUT2D eigenvalue weighted by Gasteiger charge is 2.31. The van der Waals surface area contributed by atoms with Crippen molar-refractivity contribution in [3.05, 3.63) is 0 Å². The molecule has 1 fully saturated rings. The average Bonchev–Trinajstić information content (AvgIpc) is 2.15. The molecule has 1 saturated carbocycles. The maximum Gasteiger partial charge on any atom is 0.135 e. The maximum absolute atomic E-state index is 13.5. The monoisotopic (exact) mass is 172 g/mol. The van der Waals surface area contributed by atoms with Crippen molar-refractivity contribution in [2.24, 2.45) is 11.8 Å². The lowest BCUT2D eigenvalue weighted by atomic mass is 9.89. The normalized spacial score (nSPS) is 37.4. The molecular weight excluding hydrogens is 155 g/mol. The predicted octanol–water partition coefficient (Wildman–Crippen LogP) is 2.74. The van der Waals surface area contributed by atoms with E-state index in [-0.39, 0.29) is 17.6 Å². The molecule has 0 N–H and O–H groups in total. The molecule has 0 aromatic heterocycles. The van der Waals surface area contributed by atoms with Gasteiger partial charge in [-0.05, 0) is 25.7 Å². The first-order chi connectivity index (χ1) is 5.63. The van der Waals surface area contributed by atoms with Gasteiger partial charge in [-0.15, -0.1) is 0 Å². The Hall–Kier alpha value is -0.400. The molecule has 0 spiro atoms. The second-order valence-corrected chi connectivity index (χ2v) is 3.92. The van der Waals surface area contributed by atoms with E-state index in [0.717, 1.165) is 25.7 Å². The Morgan fingerprint density at radius 2 is 1.92 bits per heavy atom. The van der Waals surface area contributed by atoms with E-state index in [2.05, 4.69) is 0 Å². The summed E-state index contributed by atoms with van der Waals surface area (Å²) >= 11 is 0. The van der Waals surface area contributed by atoms with Crippen LogP contribution in [0.2, 0.25) is 0 Å². The van der Waals surface area contributed by atoms with Crippen molar-refractivity contribution in [3.63, 3.8) is 0 Å². The van der Waals surface area contributed by atoms with Gasteiger partial charge < -0.3 is 0 Å².